The van der Waals surface area contributed by atoms with Gasteiger partial charge in [0.2, 0.25) is 11.8 Å². The standard InChI is InChI=1S/C10H17N3O3/c1-12-7-10(16-8-12)11-9(14)6-13-2-4-15-5-3-13/h7H,2-6,8H2,1H3,(H,11,14). The van der Waals surface area contributed by atoms with E-state index in [0.29, 0.717) is 32.4 Å². The van der Waals surface area contributed by atoms with Crippen molar-refractivity contribution in [1.29, 1.82) is 0 Å². The predicted octanol–water partition coefficient (Wildman–Crippen LogP) is -0.847. The molecule has 0 bridgehead atoms. The number of rotatable bonds is 3. The average molecular weight is 227 g/mol. The largest absolute Gasteiger partial charge is 0.457 e. The third-order valence-electron chi connectivity index (χ3n) is 2.49. The molecule has 0 radical (unpaired) electrons. The molecule has 1 amide bonds. The van der Waals surface area contributed by atoms with Crippen LogP contribution in [0.1, 0.15) is 0 Å². The van der Waals surface area contributed by atoms with Crippen molar-refractivity contribution in [3.63, 3.8) is 0 Å². The van der Waals surface area contributed by atoms with Crippen molar-refractivity contribution in [2.45, 2.75) is 0 Å². The third kappa shape index (κ3) is 3.11. The van der Waals surface area contributed by atoms with Gasteiger partial charge in [0, 0.05) is 20.1 Å². The molecular formula is C10H17N3O3. The van der Waals surface area contributed by atoms with Gasteiger partial charge < -0.3 is 14.4 Å². The van der Waals surface area contributed by atoms with Crippen LogP contribution < -0.4 is 5.32 Å². The van der Waals surface area contributed by atoms with Crippen LogP contribution in [0.2, 0.25) is 0 Å². The smallest absolute Gasteiger partial charge is 0.240 e. The molecule has 0 aliphatic carbocycles. The molecular weight excluding hydrogens is 210 g/mol. The van der Waals surface area contributed by atoms with Crippen LogP contribution >= 0.6 is 0 Å². The number of hydrogen-bond acceptors (Lipinski definition) is 5. The van der Waals surface area contributed by atoms with E-state index in [-0.39, 0.29) is 5.91 Å². The maximum Gasteiger partial charge on any atom is 0.240 e. The molecule has 0 atom stereocenters. The molecule has 2 heterocycles. The summed E-state index contributed by atoms with van der Waals surface area (Å²) in [4.78, 5) is 15.6. The fourth-order valence-corrected chi connectivity index (χ4v) is 1.65. The molecule has 0 saturated carbocycles. The first-order chi connectivity index (χ1) is 7.74. The van der Waals surface area contributed by atoms with Crippen molar-refractivity contribution in [3.05, 3.63) is 12.1 Å². The summed E-state index contributed by atoms with van der Waals surface area (Å²) in [6.45, 7) is 3.92. The van der Waals surface area contributed by atoms with Crippen LogP contribution in [-0.4, -0.2) is 62.3 Å². The molecule has 2 rings (SSSR count). The molecule has 1 saturated heterocycles. The summed E-state index contributed by atoms with van der Waals surface area (Å²) in [6.07, 6.45) is 1.78. The van der Waals surface area contributed by atoms with Gasteiger partial charge in [0.15, 0.2) is 6.73 Å². The first-order valence-electron chi connectivity index (χ1n) is 5.39. The number of nitrogens with one attached hydrogen (secondary N) is 1. The Balaban J connectivity index is 1.73. The Morgan fingerprint density at radius 3 is 2.88 bits per heavy atom. The van der Waals surface area contributed by atoms with Gasteiger partial charge in [-0.1, -0.05) is 0 Å². The van der Waals surface area contributed by atoms with E-state index in [2.05, 4.69) is 10.2 Å². The molecule has 16 heavy (non-hydrogen) atoms. The number of carbonyl (C=O) groups is 1. The van der Waals surface area contributed by atoms with Crippen LogP contribution in [0.25, 0.3) is 0 Å². The molecule has 0 aromatic heterocycles. The quantitative estimate of drug-likeness (QED) is 0.681. The fraction of sp³-hybridized carbons (Fsp3) is 0.700. The number of ether oxygens (including phenoxy) is 2. The third-order valence-corrected chi connectivity index (χ3v) is 2.49. The van der Waals surface area contributed by atoms with E-state index in [0.717, 1.165) is 13.1 Å². The highest BCUT2D eigenvalue weighted by molar-refractivity contribution is 5.79. The number of hydrogen-bond donors (Lipinski definition) is 1. The Labute approximate surface area is 94.8 Å². The predicted molar refractivity (Wildman–Crippen MR) is 57.2 cm³/mol. The molecule has 0 unspecified atom stereocenters. The first-order valence-corrected chi connectivity index (χ1v) is 5.39. The Morgan fingerprint density at radius 2 is 2.25 bits per heavy atom. The number of morpholine rings is 1. The second kappa shape index (κ2) is 5.18. The molecule has 1 N–H and O–H groups in total. The van der Waals surface area contributed by atoms with Crippen LogP contribution in [0.4, 0.5) is 0 Å². The highest BCUT2D eigenvalue weighted by Crippen LogP contribution is 2.05. The molecule has 2 aliphatic rings. The van der Waals surface area contributed by atoms with Crippen LogP contribution in [0.5, 0.6) is 0 Å². The lowest BCUT2D eigenvalue weighted by molar-refractivity contribution is -0.123. The van der Waals surface area contributed by atoms with Crippen LogP contribution in [0.3, 0.4) is 0 Å². The summed E-state index contributed by atoms with van der Waals surface area (Å²) < 4.78 is 10.4. The summed E-state index contributed by atoms with van der Waals surface area (Å²) in [5.74, 6) is 0.490. The zero-order chi connectivity index (χ0) is 11.4. The first kappa shape index (κ1) is 11.2. The van der Waals surface area contributed by atoms with E-state index in [1.807, 2.05) is 11.9 Å². The van der Waals surface area contributed by atoms with E-state index in [4.69, 9.17) is 9.47 Å². The van der Waals surface area contributed by atoms with E-state index in [1.165, 1.54) is 0 Å². The zero-order valence-corrected chi connectivity index (χ0v) is 9.44. The number of nitrogens with zero attached hydrogens (tertiary/aromatic N) is 2. The zero-order valence-electron chi connectivity index (χ0n) is 9.44. The summed E-state index contributed by atoms with van der Waals surface area (Å²) >= 11 is 0. The van der Waals surface area contributed by atoms with Crippen molar-refractivity contribution in [2.24, 2.45) is 0 Å². The molecule has 6 nitrogen and oxygen atoms in total. The van der Waals surface area contributed by atoms with E-state index >= 15 is 0 Å². The van der Waals surface area contributed by atoms with Gasteiger partial charge in [-0.3, -0.25) is 15.0 Å². The highest BCUT2D eigenvalue weighted by Gasteiger charge is 2.17. The van der Waals surface area contributed by atoms with Gasteiger partial charge in [-0.2, -0.15) is 0 Å². The molecule has 0 aromatic rings. The molecule has 1 fully saturated rings. The normalized spacial score (nSPS) is 21.6. The second-order valence-corrected chi connectivity index (χ2v) is 3.96. The van der Waals surface area contributed by atoms with Gasteiger partial charge in [0.1, 0.15) is 0 Å². The van der Waals surface area contributed by atoms with E-state index in [9.17, 15) is 4.79 Å². The summed E-state index contributed by atoms with van der Waals surface area (Å²) in [7, 11) is 1.89. The van der Waals surface area contributed by atoms with Crippen molar-refractivity contribution >= 4 is 5.91 Å². The van der Waals surface area contributed by atoms with Crippen molar-refractivity contribution in [1.82, 2.24) is 15.1 Å². The Kier molecular flexibility index (Phi) is 3.63. The van der Waals surface area contributed by atoms with Crippen molar-refractivity contribution in [2.75, 3.05) is 46.6 Å². The maximum atomic E-state index is 11.6. The summed E-state index contributed by atoms with van der Waals surface area (Å²) in [5, 5.41) is 2.73. The van der Waals surface area contributed by atoms with E-state index in [1.54, 1.807) is 6.20 Å². The van der Waals surface area contributed by atoms with Crippen molar-refractivity contribution < 1.29 is 14.3 Å². The minimum atomic E-state index is -0.0385. The minimum Gasteiger partial charge on any atom is -0.457 e. The number of amides is 1. The Bertz CT molecular complexity index is 287. The SMILES string of the molecule is CN1C=C(NC(=O)CN2CCOCC2)OC1. The summed E-state index contributed by atoms with van der Waals surface area (Å²) in [5.41, 5.74) is 0. The minimum absolute atomic E-state index is 0.0385. The molecule has 0 aromatic carbocycles. The molecule has 6 heteroatoms. The summed E-state index contributed by atoms with van der Waals surface area (Å²) in [6, 6.07) is 0. The van der Waals surface area contributed by atoms with Gasteiger partial charge in [0.25, 0.3) is 0 Å². The fourth-order valence-electron chi connectivity index (χ4n) is 1.65. The van der Waals surface area contributed by atoms with Gasteiger partial charge in [0.05, 0.1) is 26.0 Å². The van der Waals surface area contributed by atoms with Gasteiger partial charge in [-0.15, -0.1) is 0 Å². The lowest BCUT2D eigenvalue weighted by Crippen LogP contribution is -2.43. The molecule has 2 aliphatic heterocycles. The van der Waals surface area contributed by atoms with Gasteiger partial charge in [-0.25, -0.2) is 0 Å². The van der Waals surface area contributed by atoms with Gasteiger partial charge >= 0.3 is 0 Å². The lowest BCUT2D eigenvalue weighted by Gasteiger charge is -2.25. The molecule has 0 spiro atoms. The Morgan fingerprint density at radius 1 is 1.50 bits per heavy atom. The van der Waals surface area contributed by atoms with Crippen molar-refractivity contribution in [3.8, 4) is 0 Å². The molecule has 90 valence electrons. The lowest BCUT2D eigenvalue weighted by atomic mass is 10.4. The highest BCUT2D eigenvalue weighted by atomic mass is 16.5. The average Bonchev–Trinajstić information content (AvgIpc) is 2.65. The van der Waals surface area contributed by atoms with E-state index < -0.39 is 0 Å². The van der Waals surface area contributed by atoms with Crippen LogP contribution in [0.15, 0.2) is 12.1 Å². The Hall–Kier alpha value is -1.27. The monoisotopic (exact) mass is 227 g/mol. The van der Waals surface area contributed by atoms with Crippen LogP contribution in [0, 0.1) is 0 Å². The second-order valence-electron chi connectivity index (χ2n) is 3.96. The van der Waals surface area contributed by atoms with Gasteiger partial charge in [-0.05, 0) is 0 Å². The maximum absolute atomic E-state index is 11.6. The number of carbonyl (C=O) groups excluding carboxylic acids is 1. The topological polar surface area (TPSA) is 54.0 Å². The van der Waals surface area contributed by atoms with Crippen LogP contribution in [-0.2, 0) is 14.3 Å².